The van der Waals surface area contributed by atoms with E-state index in [-0.39, 0.29) is 0 Å². The van der Waals surface area contributed by atoms with Gasteiger partial charge in [-0.2, -0.15) is 0 Å². The van der Waals surface area contributed by atoms with Gasteiger partial charge in [-0.1, -0.05) is 60.7 Å². The van der Waals surface area contributed by atoms with Gasteiger partial charge < -0.3 is 0 Å². The van der Waals surface area contributed by atoms with Crippen LogP contribution in [0.3, 0.4) is 0 Å². The molecule has 190 valence electrons. The van der Waals surface area contributed by atoms with Crippen LogP contribution in [-0.2, 0) is 0 Å². The number of fused-ring (bicyclic) bond motifs is 3. The van der Waals surface area contributed by atoms with Gasteiger partial charge in [0.25, 0.3) is 0 Å². The fraction of sp³-hybridized carbons (Fsp3) is 0.125. The summed E-state index contributed by atoms with van der Waals surface area (Å²) in [6, 6.07) is 31.0. The van der Waals surface area contributed by atoms with Gasteiger partial charge in [0.15, 0.2) is 19.7 Å². The first-order valence-corrected chi connectivity index (χ1v) is 16.6. The smallest absolute Gasteiger partial charge is 0.182 e. The van der Waals surface area contributed by atoms with Crippen LogP contribution in [0.25, 0.3) is 31.2 Å². The quantitative estimate of drug-likeness (QED) is 0.275. The van der Waals surface area contributed by atoms with Crippen LogP contribution >= 0.6 is 22.7 Å². The van der Waals surface area contributed by atoms with Crippen molar-refractivity contribution in [2.75, 3.05) is 0 Å². The normalized spacial score (nSPS) is 13.3. The van der Waals surface area contributed by atoms with E-state index in [4.69, 9.17) is 19.9 Å². The van der Waals surface area contributed by atoms with Crippen LogP contribution in [0, 0.1) is 27.7 Å². The maximum Gasteiger partial charge on any atom is 0.182 e. The number of thiophene rings is 2. The maximum absolute atomic E-state index is 4.84. The summed E-state index contributed by atoms with van der Waals surface area (Å²) in [5.74, 6) is 1.62. The van der Waals surface area contributed by atoms with Gasteiger partial charge >= 0.3 is 0 Å². The van der Waals surface area contributed by atoms with Crippen molar-refractivity contribution in [1.82, 2.24) is 19.9 Å². The minimum atomic E-state index is -2.59. The Bertz CT molecular complexity index is 1680. The lowest BCUT2D eigenvalue weighted by Crippen LogP contribution is -2.72. The van der Waals surface area contributed by atoms with Crippen molar-refractivity contribution in [2.45, 2.75) is 27.7 Å². The summed E-state index contributed by atoms with van der Waals surface area (Å²) in [6.07, 6.45) is 0. The first kappa shape index (κ1) is 24.3. The van der Waals surface area contributed by atoms with Crippen molar-refractivity contribution in [3.8, 4) is 31.2 Å². The average molecular weight is 559 g/mol. The van der Waals surface area contributed by atoms with Crippen molar-refractivity contribution < 1.29 is 0 Å². The molecular formula is C32H26N4S2Si. The van der Waals surface area contributed by atoms with Crippen LogP contribution < -0.4 is 20.7 Å². The number of aromatic nitrogens is 4. The standard InChI is InChI=1S/C32H26N4S2Si/c1-19-15-20(2)34-31(33-19)25-17-27-29(37-25)30-28(18-26(38-30)32-35-21(3)16-22(4)36-32)39(27,23-11-7-5-8-12-23)24-13-9-6-10-14-24/h5-18H,1-4H3. The van der Waals surface area contributed by atoms with E-state index in [1.54, 1.807) is 0 Å². The fourth-order valence-electron chi connectivity index (χ4n) is 5.88. The Kier molecular flexibility index (Phi) is 5.70. The maximum atomic E-state index is 4.84. The van der Waals surface area contributed by atoms with E-state index in [1.165, 1.54) is 30.5 Å². The molecule has 0 fully saturated rings. The molecule has 0 unspecified atom stereocenters. The highest BCUT2D eigenvalue weighted by Gasteiger charge is 2.51. The van der Waals surface area contributed by atoms with Gasteiger partial charge in [0, 0.05) is 32.5 Å². The SMILES string of the molecule is Cc1cc(C)nc(-c2cc3c(s2)-c2sc(-c4nc(C)cc(C)n4)cc2[Si]3(c2ccccc2)c2ccccc2)n1. The second-order valence-electron chi connectivity index (χ2n) is 10.1. The number of rotatable bonds is 4. The molecule has 0 amide bonds. The molecule has 0 bridgehead atoms. The number of benzene rings is 2. The Labute approximate surface area is 237 Å². The number of hydrogen-bond acceptors (Lipinski definition) is 6. The Balaban J connectivity index is 1.56. The lowest BCUT2D eigenvalue weighted by atomic mass is 10.3. The van der Waals surface area contributed by atoms with Crippen molar-refractivity contribution in [1.29, 1.82) is 0 Å². The Morgan fingerprint density at radius 3 is 1.21 bits per heavy atom. The van der Waals surface area contributed by atoms with Crippen molar-refractivity contribution >= 4 is 51.5 Å². The lowest BCUT2D eigenvalue weighted by Gasteiger charge is -2.30. The minimum Gasteiger partial charge on any atom is -0.233 e. The fourth-order valence-corrected chi connectivity index (χ4v) is 14.6. The summed E-state index contributed by atoms with van der Waals surface area (Å²) in [5.41, 5.74) is 3.97. The number of aryl methyl sites for hydroxylation is 4. The highest BCUT2D eigenvalue weighted by atomic mass is 32.1. The molecule has 4 nitrogen and oxygen atoms in total. The molecule has 7 heteroatoms. The molecule has 1 aliphatic heterocycles. The molecular weight excluding hydrogens is 533 g/mol. The van der Waals surface area contributed by atoms with Crippen LogP contribution in [0.4, 0.5) is 0 Å². The van der Waals surface area contributed by atoms with Crippen LogP contribution in [0.2, 0.25) is 0 Å². The predicted octanol–water partition coefficient (Wildman–Crippen LogP) is 5.32. The third-order valence-corrected chi connectivity index (χ3v) is 14.9. The molecule has 2 aromatic carbocycles. The third kappa shape index (κ3) is 3.84. The predicted molar refractivity (Wildman–Crippen MR) is 166 cm³/mol. The molecule has 0 N–H and O–H groups in total. The highest BCUT2D eigenvalue weighted by Crippen LogP contribution is 2.43. The van der Waals surface area contributed by atoms with E-state index >= 15 is 0 Å². The van der Waals surface area contributed by atoms with Gasteiger partial charge in [0.2, 0.25) is 0 Å². The van der Waals surface area contributed by atoms with E-state index in [2.05, 4.69) is 72.8 Å². The summed E-state index contributed by atoms with van der Waals surface area (Å²) >= 11 is 3.64. The molecule has 0 radical (unpaired) electrons. The van der Waals surface area contributed by atoms with E-state index < -0.39 is 8.07 Å². The zero-order chi connectivity index (χ0) is 26.7. The molecule has 7 rings (SSSR count). The zero-order valence-electron chi connectivity index (χ0n) is 22.2. The van der Waals surface area contributed by atoms with Gasteiger partial charge in [0.05, 0.1) is 9.75 Å². The molecule has 39 heavy (non-hydrogen) atoms. The summed E-state index contributed by atoms with van der Waals surface area (Å²) in [4.78, 5) is 24.3. The van der Waals surface area contributed by atoms with Crippen LogP contribution in [0.1, 0.15) is 22.8 Å². The summed E-state index contributed by atoms with van der Waals surface area (Å²) < 4.78 is 0. The molecule has 0 saturated heterocycles. The van der Waals surface area contributed by atoms with Gasteiger partial charge in [-0.05, 0) is 72.7 Å². The van der Waals surface area contributed by atoms with Gasteiger partial charge in [0.1, 0.15) is 0 Å². The van der Waals surface area contributed by atoms with Crippen LogP contribution in [0.15, 0.2) is 84.9 Å². The molecule has 0 aliphatic carbocycles. The summed E-state index contributed by atoms with van der Waals surface area (Å²) in [7, 11) is -2.59. The van der Waals surface area contributed by atoms with E-state index in [1.807, 2.05) is 62.5 Å². The Hall–Kier alpha value is -3.78. The molecule has 4 aromatic heterocycles. The minimum absolute atomic E-state index is 0.812. The largest absolute Gasteiger partial charge is 0.233 e. The summed E-state index contributed by atoms with van der Waals surface area (Å²) in [5, 5.41) is 5.62. The lowest BCUT2D eigenvalue weighted by molar-refractivity contribution is 1.07. The van der Waals surface area contributed by atoms with Gasteiger partial charge in [-0.3, -0.25) is 0 Å². The van der Waals surface area contributed by atoms with Crippen molar-refractivity contribution in [3.05, 3.63) is 108 Å². The average Bonchev–Trinajstić information content (AvgIpc) is 3.60. The van der Waals surface area contributed by atoms with Crippen molar-refractivity contribution in [2.24, 2.45) is 0 Å². The highest BCUT2D eigenvalue weighted by molar-refractivity contribution is 7.35. The van der Waals surface area contributed by atoms with Gasteiger partial charge in [-0.15, -0.1) is 22.7 Å². The molecule has 5 heterocycles. The van der Waals surface area contributed by atoms with Crippen LogP contribution in [0.5, 0.6) is 0 Å². The number of hydrogen-bond donors (Lipinski definition) is 0. The molecule has 0 saturated carbocycles. The topological polar surface area (TPSA) is 51.6 Å². The molecule has 0 atom stereocenters. The molecule has 1 aliphatic rings. The first-order chi connectivity index (χ1) is 18.9. The first-order valence-electron chi connectivity index (χ1n) is 13.0. The summed E-state index contributed by atoms with van der Waals surface area (Å²) in [6.45, 7) is 8.17. The Morgan fingerprint density at radius 1 is 0.487 bits per heavy atom. The molecule has 0 spiro atoms. The second-order valence-corrected chi connectivity index (χ2v) is 16.0. The molecule has 6 aromatic rings. The van der Waals surface area contributed by atoms with E-state index in [0.29, 0.717) is 0 Å². The van der Waals surface area contributed by atoms with E-state index in [0.717, 1.165) is 44.2 Å². The van der Waals surface area contributed by atoms with E-state index in [9.17, 15) is 0 Å². The Morgan fingerprint density at radius 2 is 0.846 bits per heavy atom. The third-order valence-electron chi connectivity index (χ3n) is 7.30. The van der Waals surface area contributed by atoms with Gasteiger partial charge in [-0.25, -0.2) is 19.9 Å². The van der Waals surface area contributed by atoms with Crippen molar-refractivity contribution in [3.63, 3.8) is 0 Å². The van der Waals surface area contributed by atoms with Crippen LogP contribution in [-0.4, -0.2) is 28.0 Å². The monoisotopic (exact) mass is 558 g/mol. The zero-order valence-corrected chi connectivity index (χ0v) is 24.8. The second kappa shape index (κ2) is 9.16. The number of nitrogens with zero attached hydrogens (tertiary/aromatic N) is 4.